The molecule has 0 bridgehead atoms. The summed E-state index contributed by atoms with van der Waals surface area (Å²) < 4.78 is 0. The molecule has 5 nitrogen and oxygen atoms in total. The first kappa shape index (κ1) is 20.5. The van der Waals surface area contributed by atoms with E-state index in [0.717, 1.165) is 0 Å². The van der Waals surface area contributed by atoms with E-state index in [0.29, 0.717) is 5.69 Å². The fourth-order valence-corrected chi connectivity index (χ4v) is 1.34. The fourth-order valence-electron chi connectivity index (χ4n) is 1.34. The Bertz CT molecular complexity index is 496. The monoisotopic (exact) mass is 364 g/mol. The van der Waals surface area contributed by atoms with E-state index in [2.05, 4.69) is 10.3 Å². The van der Waals surface area contributed by atoms with Crippen molar-refractivity contribution >= 4 is 17.6 Å². The molecule has 1 aromatic carbocycles. The Morgan fingerprint density at radius 1 is 1.20 bits per heavy atom. The van der Waals surface area contributed by atoms with Crippen LogP contribution in [-0.4, -0.2) is 17.2 Å². The summed E-state index contributed by atoms with van der Waals surface area (Å²) in [5.74, 6) is 0. The molecule has 1 aliphatic heterocycles. The van der Waals surface area contributed by atoms with Crippen LogP contribution in [0.5, 0.6) is 0 Å². The van der Waals surface area contributed by atoms with Crippen LogP contribution < -0.4 is 0 Å². The van der Waals surface area contributed by atoms with Gasteiger partial charge in [-0.3, -0.25) is 15.1 Å². The van der Waals surface area contributed by atoms with E-state index in [4.69, 9.17) is 0 Å². The van der Waals surface area contributed by atoms with Crippen molar-refractivity contribution in [2.45, 2.75) is 6.04 Å². The van der Waals surface area contributed by atoms with Crippen LogP contribution in [0.2, 0.25) is 0 Å². The third-order valence-corrected chi connectivity index (χ3v) is 2.20. The Morgan fingerprint density at radius 2 is 1.85 bits per heavy atom. The molecule has 0 saturated carbocycles. The normalized spacial score (nSPS) is 15.5. The molecule has 0 aromatic heterocycles. The van der Waals surface area contributed by atoms with E-state index < -0.39 is 4.92 Å². The van der Waals surface area contributed by atoms with Crippen LogP contribution in [0.15, 0.2) is 53.7 Å². The molecular formula is C14H16N3O2Pd-. The molecule has 1 unspecified atom stereocenters. The van der Waals surface area contributed by atoms with Crippen LogP contribution in [0.1, 0.15) is 0 Å². The van der Waals surface area contributed by atoms with Crippen LogP contribution in [0.4, 0.5) is 11.4 Å². The first-order valence-electron chi connectivity index (χ1n) is 5.07. The van der Waals surface area contributed by atoms with Crippen molar-refractivity contribution in [1.29, 1.82) is 0 Å². The number of nitro benzene ring substituents is 1. The Morgan fingerprint density at radius 3 is 2.35 bits per heavy atom. The maximum Gasteiger partial charge on any atom is 2.00 e. The largest absolute Gasteiger partial charge is 2.00 e. The molecule has 0 spiro atoms. The van der Waals surface area contributed by atoms with Gasteiger partial charge < -0.3 is 20.2 Å². The van der Waals surface area contributed by atoms with Crippen LogP contribution >= 0.6 is 0 Å². The summed E-state index contributed by atoms with van der Waals surface area (Å²) in [5, 5.41) is 14.6. The van der Waals surface area contributed by atoms with Crippen molar-refractivity contribution in [2.24, 2.45) is 4.99 Å². The van der Waals surface area contributed by atoms with Crippen molar-refractivity contribution < 1.29 is 25.3 Å². The topological polar surface area (TPSA) is 69.6 Å². The smallest absolute Gasteiger partial charge is 0.680 e. The third-order valence-electron chi connectivity index (χ3n) is 2.20. The summed E-state index contributed by atoms with van der Waals surface area (Å²) in [5.41, 5.74) is 0.739. The van der Waals surface area contributed by atoms with Gasteiger partial charge in [-0.15, -0.1) is 0 Å². The molecule has 0 saturated heterocycles. The maximum absolute atomic E-state index is 10.5. The second-order valence-corrected chi connectivity index (χ2v) is 3.42. The second-order valence-electron chi connectivity index (χ2n) is 3.42. The minimum absolute atomic E-state index is 0. The zero-order chi connectivity index (χ0) is 12.1. The van der Waals surface area contributed by atoms with Gasteiger partial charge in [-0.1, -0.05) is 24.3 Å². The van der Waals surface area contributed by atoms with Gasteiger partial charge in [-0.05, 0) is 18.3 Å². The van der Waals surface area contributed by atoms with Gasteiger partial charge in [0, 0.05) is 12.1 Å². The number of hydrogen-bond acceptors (Lipinski definition) is 3. The molecule has 1 atom stereocenters. The van der Waals surface area contributed by atoms with Gasteiger partial charge in [-0.25, -0.2) is 0 Å². The molecule has 110 valence electrons. The molecule has 1 aromatic rings. The van der Waals surface area contributed by atoms with Gasteiger partial charge in [0.15, 0.2) is 0 Å². The summed E-state index contributed by atoms with van der Waals surface area (Å²) in [4.78, 5) is 14.2. The van der Waals surface area contributed by atoms with Gasteiger partial charge >= 0.3 is 20.4 Å². The molecule has 0 radical (unpaired) electrons. The summed E-state index contributed by atoms with van der Waals surface area (Å²) in [6.45, 7) is 0. The minimum Gasteiger partial charge on any atom is -0.680 e. The molecule has 1 heterocycles. The summed E-state index contributed by atoms with van der Waals surface area (Å²) >= 11 is 0. The zero-order valence-electron chi connectivity index (χ0n) is 11.2. The quantitative estimate of drug-likeness (QED) is 0.267. The predicted octanol–water partition coefficient (Wildman–Crippen LogP) is 4.02. The SMILES string of the molecule is O=[N+]([O-])c1ccc(N=CC2C=CC=C[N-]2)cc1.[CH3-].[CH3-].[Pd+2]. The van der Waals surface area contributed by atoms with E-state index in [-0.39, 0.29) is 47.0 Å². The Kier molecular flexibility index (Phi) is 10.3. The average Bonchev–Trinajstić information content (AvgIpc) is 2.38. The second kappa shape index (κ2) is 10.1. The van der Waals surface area contributed by atoms with Crippen molar-refractivity contribution in [1.82, 2.24) is 0 Å². The predicted molar refractivity (Wildman–Crippen MR) is 79.5 cm³/mol. The van der Waals surface area contributed by atoms with E-state index in [1.165, 1.54) is 12.1 Å². The van der Waals surface area contributed by atoms with Crippen LogP contribution in [0.25, 0.3) is 5.32 Å². The summed E-state index contributed by atoms with van der Waals surface area (Å²) in [6.07, 6.45) is 9.07. The van der Waals surface area contributed by atoms with E-state index in [9.17, 15) is 10.1 Å². The van der Waals surface area contributed by atoms with Crippen LogP contribution in [0, 0.1) is 25.0 Å². The van der Waals surface area contributed by atoms with Crippen molar-refractivity contribution in [2.75, 3.05) is 0 Å². The number of nitro groups is 1. The molecule has 1 aliphatic rings. The number of hydrogen-bond donors (Lipinski definition) is 0. The number of aliphatic imine (C=N–C) groups is 1. The first-order valence-corrected chi connectivity index (χ1v) is 5.07. The molecular weight excluding hydrogens is 349 g/mol. The molecule has 0 amide bonds. The first-order chi connectivity index (χ1) is 8.25. The van der Waals surface area contributed by atoms with Gasteiger partial charge in [-0.2, -0.15) is 6.20 Å². The Labute approximate surface area is 133 Å². The van der Waals surface area contributed by atoms with Gasteiger partial charge in [0.1, 0.15) is 0 Å². The van der Waals surface area contributed by atoms with Crippen LogP contribution in [0.3, 0.4) is 0 Å². The number of rotatable bonds is 3. The van der Waals surface area contributed by atoms with Crippen LogP contribution in [-0.2, 0) is 20.4 Å². The number of nitrogens with zero attached hydrogens (tertiary/aromatic N) is 3. The average molecular weight is 365 g/mol. The molecule has 0 aliphatic carbocycles. The summed E-state index contributed by atoms with van der Waals surface area (Å²) in [6, 6.07) is 6.02. The van der Waals surface area contributed by atoms with E-state index in [1.54, 1.807) is 24.5 Å². The molecule has 0 fully saturated rings. The fraction of sp³-hybridized carbons (Fsp3) is 0.0714. The van der Waals surface area contributed by atoms with Gasteiger partial charge in [0.2, 0.25) is 0 Å². The third kappa shape index (κ3) is 5.92. The van der Waals surface area contributed by atoms with E-state index >= 15 is 0 Å². The molecule has 6 heteroatoms. The van der Waals surface area contributed by atoms with E-state index in [1.807, 2.05) is 18.2 Å². The standard InChI is InChI=1S/C12H10N3O2.2CH3.Pd/c16-15(17)12-6-4-10(5-7-12)14-9-11-3-1-2-8-13-11;;;/h1-9,11H;2*1H3;/q3*-1;+2. The Balaban J connectivity index is 0. The molecule has 2 rings (SSSR count). The number of benzene rings is 1. The molecule has 0 N–H and O–H groups in total. The zero-order valence-corrected chi connectivity index (χ0v) is 12.8. The number of non-ortho nitro benzene ring substituents is 1. The van der Waals surface area contributed by atoms with Gasteiger partial charge in [0.05, 0.1) is 10.6 Å². The molecule has 20 heavy (non-hydrogen) atoms. The maximum atomic E-state index is 10.5. The van der Waals surface area contributed by atoms with Crippen molar-refractivity contribution in [3.05, 3.63) is 79.0 Å². The van der Waals surface area contributed by atoms with Crippen molar-refractivity contribution in [3.8, 4) is 0 Å². The minimum atomic E-state index is -0.433. The van der Waals surface area contributed by atoms with Crippen molar-refractivity contribution in [3.63, 3.8) is 0 Å². The Hall–Kier alpha value is -1.77. The van der Waals surface area contributed by atoms with Gasteiger partial charge in [0.25, 0.3) is 5.69 Å². The number of allylic oxidation sites excluding steroid dienone is 2. The summed E-state index contributed by atoms with van der Waals surface area (Å²) in [7, 11) is 0.